The molecular formula is C13H12FN3O. The van der Waals surface area contributed by atoms with E-state index < -0.39 is 11.7 Å². The predicted molar refractivity (Wildman–Crippen MR) is 64.3 cm³/mol. The Balaban J connectivity index is 2.11. The summed E-state index contributed by atoms with van der Waals surface area (Å²) in [7, 11) is 0. The molecule has 1 N–H and O–H groups in total. The molecule has 2 aromatic heterocycles. The van der Waals surface area contributed by atoms with E-state index in [1.165, 1.54) is 12.3 Å². The van der Waals surface area contributed by atoms with Gasteiger partial charge in [0, 0.05) is 12.4 Å². The number of halogens is 1. The van der Waals surface area contributed by atoms with E-state index in [1.54, 1.807) is 25.3 Å². The number of hydrogen-bond acceptors (Lipinski definition) is 3. The van der Waals surface area contributed by atoms with E-state index in [-0.39, 0.29) is 11.6 Å². The van der Waals surface area contributed by atoms with Crippen LogP contribution in [0.1, 0.15) is 29.0 Å². The van der Waals surface area contributed by atoms with Crippen molar-refractivity contribution < 1.29 is 9.18 Å². The number of pyridine rings is 2. The number of amides is 1. The van der Waals surface area contributed by atoms with Crippen molar-refractivity contribution in [2.75, 3.05) is 0 Å². The molecule has 0 radical (unpaired) electrons. The van der Waals surface area contributed by atoms with E-state index in [1.807, 2.05) is 6.07 Å². The van der Waals surface area contributed by atoms with Crippen molar-refractivity contribution in [1.82, 2.24) is 15.3 Å². The summed E-state index contributed by atoms with van der Waals surface area (Å²) in [6.07, 6.45) is 4.04. The van der Waals surface area contributed by atoms with Gasteiger partial charge < -0.3 is 5.32 Å². The zero-order valence-electron chi connectivity index (χ0n) is 9.80. The normalized spacial score (nSPS) is 11.9. The lowest BCUT2D eigenvalue weighted by Crippen LogP contribution is -2.28. The molecule has 0 saturated carbocycles. The quantitative estimate of drug-likeness (QED) is 0.901. The van der Waals surface area contributed by atoms with Crippen LogP contribution in [0.2, 0.25) is 0 Å². The molecule has 0 saturated heterocycles. The Morgan fingerprint density at radius 1 is 1.33 bits per heavy atom. The molecule has 1 atom stereocenters. The summed E-state index contributed by atoms with van der Waals surface area (Å²) >= 11 is 0. The lowest BCUT2D eigenvalue weighted by Gasteiger charge is -2.13. The van der Waals surface area contributed by atoms with Crippen molar-refractivity contribution in [3.8, 4) is 0 Å². The molecule has 2 heterocycles. The minimum Gasteiger partial charge on any atom is -0.344 e. The monoisotopic (exact) mass is 245 g/mol. The SMILES string of the molecule is CC(NC(=O)c1ccncc1F)c1ccccn1. The maximum absolute atomic E-state index is 13.4. The summed E-state index contributed by atoms with van der Waals surface area (Å²) < 4.78 is 13.4. The molecule has 0 bridgehead atoms. The van der Waals surface area contributed by atoms with Crippen LogP contribution in [0.4, 0.5) is 4.39 Å². The first kappa shape index (κ1) is 12.2. The van der Waals surface area contributed by atoms with Crippen LogP contribution >= 0.6 is 0 Å². The number of carbonyl (C=O) groups is 1. The topological polar surface area (TPSA) is 54.9 Å². The molecule has 0 aromatic carbocycles. The molecule has 5 heteroatoms. The lowest BCUT2D eigenvalue weighted by molar-refractivity contribution is 0.0935. The van der Waals surface area contributed by atoms with Crippen molar-refractivity contribution in [2.45, 2.75) is 13.0 Å². The molecule has 0 aliphatic heterocycles. The number of aromatic nitrogens is 2. The molecule has 0 fully saturated rings. The molecule has 2 rings (SSSR count). The predicted octanol–water partition coefficient (Wildman–Crippen LogP) is 2.11. The molecule has 1 unspecified atom stereocenters. The van der Waals surface area contributed by atoms with Gasteiger partial charge in [-0.2, -0.15) is 0 Å². The van der Waals surface area contributed by atoms with Crippen molar-refractivity contribution in [1.29, 1.82) is 0 Å². The highest BCUT2D eigenvalue weighted by atomic mass is 19.1. The van der Waals surface area contributed by atoms with Gasteiger partial charge >= 0.3 is 0 Å². The van der Waals surface area contributed by atoms with Gasteiger partial charge in [0.05, 0.1) is 23.5 Å². The van der Waals surface area contributed by atoms with Crippen molar-refractivity contribution in [3.63, 3.8) is 0 Å². The Kier molecular flexibility index (Phi) is 3.62. The molecular weight excluding hydrogens is 233 g/mol. The van der Waals surface area contributed by atoms with Crippen LogP contribution in [0, 0.1) is 5.82 Å². The van der Waals surface area contributed by atoms with E-state index in [2.05, 4.69) is 15.3 Å². The lowest BCUT2D eigenvalue weighted by atomic mass is 10.2. The van der Waals surface area contributed by atoms with E-state index >= 15 is 0 Å². The van der Waals surface area contributed by atoms with Crippen LogP contribution in [-0.4, -0.2) is 15.9 Å². The molecule has 4 nitrogen and oxygen atoms in total. The number of nitrogens with zero attached hydrogens (tertiary/aromatic N) is 2. The highest BCUT2D eigenvalue weighted by molar-refractivity contribution is 5.94. The zero-order chi connectivity index (χ0) is 13.0. The third-order valence-corrected chi connectivity index (χ3v) is 2.50. The first-order valence-corrected chi connectivity index (χ1v) is 5.50. The Morgan fingerprint density at radius 2 is 2.17 bits per heavy atom. The molecule has 92 valence electrons. The van der Waals surface area contributed by atoms with Gasteiger partial charge in [0.25, 0.3) is 5.91 Å². The number of carbonyl (C=O) groups excluding carboxylic acids is 1. The summed E-state index contributed by atoms with van der Waals surface area (Å²) in [5.41, 5.74) is 0.702. The van der Waals surface area contributed by atoms with E-state index in [0.717, 1.165) is 11.9 Å². The number of hydrogen-bond donors (Lipinski definition) is 1. The standard InChI is InChI=1S/C13H12FN3O/c1-9(12-4-2-3-6-16-12)17-13(18)10-5-7-15-8-11(10)14/h2-9H,1H3,(H,17,18). The number of rotatable bonds is 3. The first-order chi connectivity index (χ1) is 8.68. The van der Waals surface area contributed by atoms with Crippen molar-refractivity contribution >= 4 is 5.91 Å². The minimum absolute atomic E-state index is 0.0206. The van der Waals surface area contributed by atoms with Gasteiger partial charge in [0.2, 0.25) is 0 Å². The Labute approximate surface area is 104 Å². The van der Waals surface area contributed by atoms with Gasteiger partial charge in [0.15, 0.2) is 5.82 Å². The highest BCUT2D eigenvalue weighted by Crippen LogP contribution is 2.11. The zero-order valence-corrected chi connectivity index (χ0v) is 9.80. The molecule has 2 aromatic rings. The number of nitrogens with one attached hydrogen (secondary N) is 1. The van der Waals surface area contributed by atoms with Crippen molar-refractivity contribution in [2.24, 2.45) is 0 Å². The minimum atomic E-state index is -0.636. The van der Waals surface area contributed by atoms with Crippen LogP contribution < -0.4 is 5.32 Å². The van der Waals surface area contributed by atoms with Crippen LogP contribution in [0.25, 0.3) is 0 Å². The molecule has 18 heavy (non-hydrogen) atoms. The average Bonchev–Trinajstić information content (AvgIpc) is 2.40. The maximum atomic E-state index is 13.4. The second kappa shape index (κ2) is 5.35. The van der Waals surface area contributed by atoms with Crippen LogP contribution in [0.3, 0.4) is 0 Å². The molecule has 0 spiro atoms. The highest BCUT2D eigenvalue weighted by Gasteiger charge is 2.15. The largest absolute Gasteiger partial charge is 0.344 e. The van der Waals surface area contributed by atoms with Crippen LogP contribution in [0.15, 0.2) is 42.9 Å². The Morgan fingerprint density at radius 3 is 2.83 bits per heavy atom. The second-order valence-electron chi connectivity index (χ2n) is 3.81. The maximum Gasteiger partial charge on any atom is 0.254 e. The molecule has 0 aliphatic carbocycles. The summed E-state index contributed by atoms with van der Waals surface area (Å²) in [4.78, 5) is 19.6. The summed E-state index contributed by atoms with van der Waals surface area (Å²) in [5.74, 6) is -1.11. The first-order valence-electron chi connectivity index (χ1n) is 5.50. The van der Waals surface area contributed by atoms with Gasteiger partial charge in [-0.25, -0.2) is 4.39 Å². The van der Waals surface area contributed by atoms with Crippen molar-refractivity contribution in [3.05, 3.63) is 59.9 Å². The van der Waals surface area contributed by atoms with E-state index in [0.29, 0.717) is 0 Å². The fourth-order valence-electron chi connectivity index (χ4n) is 1.54. The van der Waals surface area contributed by atoms with Gasteiger partial charge in [-0.1, -0.05) is 6.07 Å². The third kappa shape index (κ3) is 2.68. The third-order valence-electron chi connectivity index (χ3n) is 2.50. The molecule has 0 aliphatic rings. The summed E-state index contributed by atoms with van der Waals surface area (Å²) in [6, 6.07) is 6.48. The van der Waals surface area contributed by atoms with Gasteiger partial charge in [-0.3, -0.25) is 14.8 Å². The second-order valence-corrected chi connectivity index (χ2v) is 3.81. The van der Waals surface area contributed by atoms with Gasteiger partial charge in [0.1, 0.15) is 0 Å². The fraction of sp³-hybridized carbons (Fsp3) is 0.154. The van der Waals surface area contributed by atoms with Gasteiger partial charge in [-0.05, 0) is 25.1 Å². The smallest absolute Gasteiger partial charge is 0.254 e. The molecule has 1 amide bonds. The average molecular weight is 245 g/mol. The Bertz CT molecular complexity index is 545. The van der Waals surface area contributed by atoms with E-state index in [4.69, 9.17) is 0 Å². The van der Waals surface area contributed by atoms with Gasteiger partial charge in [-0.15, -0.1) is 0 Å². The van der Waals surface area contributed by atoms with Crippen LogP contribution in [0.5, 0.6) is 0 Å². The summed E-state index contributed by atoms with van der Waals surface area (Å²) in [6.45, 7) is 1.79. The summed E-state index contributed by atoms with van der Waals surface area (Å²) in [5, 5.41) is 2.68. The Hall–Kier alpha value is -2.30. The van der Waals surface area contributed by atoms with Crippen LogP contribution in [-0.2, 0) is 0 Å². The fourth-order valence-corrected chi connectivity index (χ4v) is 1.54. The van der Waals surface area contributed by atoms with E-state index in [9.17, 15) is 9.18 Å².